The second-order valence-corrected chi connectivity index (χ2v) is 8.45. The maximum absolute atomic E-state index is 12.9. The Morgan fingerprint density at radius 3 is 2.80 bits per heavy atom. The summed E-state index contributed by atoms with van der Waals surface area (Å²) < 4.78 is 10.7. The van der Waals surface area contributed by atoms with E-state index in [9.17, 15) is 14.4 Å². The molecule has 30 heavy (non-hydrogen) atoms. The molecule has 0 spiro atoms. The average Bonchev–Trinajstić information content (AvgIpc) is 2.91. The van der Waals surface area contributed by atoms with Crippen LogP contribution in [0.15, 0.2) is 39.5 Å². The van der Waals surface area contributed by atoms with Crippen LogP contribution in [0.4, 0.5) is 5.00 Å². The van der Waals surface area contributed by atoms with Gasteiger partial charge in [-0.25, -0.2) is 9.59 Å². The predicted molar refractivity (Wildman–Crippen MR) is 117 cm³/mol. The summed E-state index contributed by atoms with van der Waals surface area (Å²) in [5.74, 6) is -1.01. The van der Waals surface area contributed by atoms with Crippen molar-refractivity contribution in [1.29, 1.82) is 0 Å². The molecule has 4 rings (SSSR count). The lowest BCUT2D eigenvalue weighted by Crippen LogP contribution is -2.21. The zero-order valence-corrected chi connectivity index (χ0v) is 17.6. The summed E-state index contributed by atoms with van der Waals surface area (Å²) in [7, 11) is 0. The second kappa shape index (κ2) is 8.83. The summed E-state index contributed by atoms with van der Waals surface area (Å²) in [6.45, 7) is 2.26. The monoisotopic (exact) mass is 425 g/mol. The van der Waals surface area contributed by atoms with Crippen molar-refractivity contribution in [3.63, 3.8) is 0 Å². The Labute approximate surface area is 177 Å². The molecule has 0 aliphatic heterocycles. The van der Waals surface area contributed by atoms with Gasteiger partial charge in [0.1, 0.15) is 16.1 Å². The van der Waals surface area contributed by atoms with E-state index in [-0.39, 0.29) is 5.56 Å². The molecule has 0 atom stereocenters. The number of aryl methyl sites for hydroxylation is 1. The number of nitrogens with one attached hydrogen (secondary N) is 1. The number of fused-ring (bicyclic) bond motifs is 2. The first-order valence-corrected chi connectivity index (χ1v) is 11.1. The fraction of sp³-hybridized carbons (Fsp3) is 0.348. The van der Waals surface area contributed by atoms with Gasteiger partial charge in [0.15, 0.2) is 0 Å². The van der Waals surface area contributed by atoms with Gasteiger partial charge in [-0.2, -0.15) is 0 Å². The minimum atomic E-state index is -0.709. The van der Waals surface area contributed by atoms with Gasteiger partial charge in [0.05, 0.1) is 12.2 Å². The lowest BCUT2D eigenvalue weighted by molar-refractivity contribution is 0.0505. The molecule has 1 aliphatic carbocycles. The van der Waals surface area contributed by atoms with Crippen molar-refractivity contribution in [1.82, 2.24) is 0 Å². The molecule has 3 aromatic rings. The van der Waals surface area contributed by atoms with Gasteiger partial charge < -0.3 is 14.5 Å². The molecule has 156 valence electrons. The summed E-state index contributed by atoms with van der Waals surface area (Å²) in [5.41, 5.74) is 1.03. The van der Waals surface area contributed by atoms with Gasteiger partial charge in [-0.1, -0.05) is 31.5 Å². The zero-order chi connectivity index (χ0) is 21.1. The molecule has 1 aliphatic rings. The van der Waals surface area contributed by atoms with E-state index < -0.39 is 17.5 Å². The molecule has 6 nitrogen and oxygen atoms in total. The van der Waals surface area contributed by atoms with Crippen LogP contribution in [0.5, 0.6) is 0 Å². The highest BCUT2D eigenvalue weighted by Gasteiger charge is 2.27. The van der Waals surface area contributed by atoms with E-state index >= 15 is 0 Å². The smallest absolute Gasteiger partial charge is 0.349 e. The molecule has 7 heteroatoms. The number of hydrogen-bond donors (Lipinski definition) is 1. The van der Waals surface area contributed by atoms with Gasteiger partial charge >= 0.3 is 11.6 Å². The number of anilines is 1. The van der Waals surface area contributed by atoms with Crippen LogP contribution in [0, 0.1) is 0 Å². The molecule has 1 aromatic carbocycles. The van der Waals surface area contributed by atoms with E-state index in [4.69, 9.17) is 9.15 Å². The summed E-state index contributed by atoms with van der Waals surface area (Å²) >= 11 is 1.40. The van der Waals surface area contributed by atoms with E-state index in [1.165, 1.54) is 17.4 Å². The van der Waals surface area contributed by atoms with Gasteiger partial charge in [-0.3, -0.25) is 4.79 Å². The summed E-state index contributed by atoms with van der Waals surface area (Å²) in [4.78, 5) is 39.2. The quantitative estimate of drug-likeness (QED) is 0.355. The lowest BCUT2D eigenvalue weighted by atomic mass is 10.1. The van der Waals surface area contributed by atoms with E-state index in [1.54, 1.807) is 18.2 Å². The molecule has 0 fully saturated rings. The first-order chi connectivity index (χ1) is 14.6. The molecule has 0 unspecified atom stereocenters. The van der Waals surface area contributed by atoms with Crippen molar-refractivity contribution in [2.75, 3.05) is 11.9 Å². The molecule has 2 aromatic heterocycles. The molecular formula is C23H23NO5S. The minimum Gasteiger partial charge on any atom is -0.462 e. The number of hydrogen-bond acceptors (Lipinski definition) is 6. The number of carbonyl (C=O) groups is 2. The van der Waals surface area contributed by atoms with Crippen LogP contribution < -0.4 is 10.9 Å². The van der Waals surface area contributed by atoms with E-state index in [2.05, 4.69) is 5.32 Å². The van der Waals surface area contributed by atoms with Crippen LogP contribution in [0.25, 0.3) is 11.0 Å². The van der Waals surface area contributed by atoms with Crippen molar-refractivity contribution >= 4 is 39.2 Å². The number of benzene rings is 1. The number of esters is 1. The highest BCUT2D eigenvalue weighted by molar-refractivity contribution is 7.17. The maximum Gasteiger partial charge on any atom is 0.349 e. The third-order valence-electron chi connectivity index (χ3n) is 5.18. The van der Waals surface area contributed by atoms with E-state index in [0.717, 1.165) is 49.0 Å². The Morgan fingerprint density at radius 2 is 1.97 bits per heavy atom. The number of carbonyl (C=O) groups excluding carboxylic acids is 2. The van der Waals surface area contributed by atoms with E-state index in [0.29, 0.717) is 28.1 Å². The number of thiophene rings is 1. The fourth-order valence-corrected chi connectivity index (χ4v) is 4.98. The Hall–Kier alpha value is -2.93. The Morgan fingerprint density at radius 1 is 1.17 bits per heavy atom. The van der Waals surface area contributed by atoms with Crippen LogP contribution in [0.2, 0.25) is 0 Å². The van der Waals surface area contributed by atoms with Crippen LogP contribution in [-0.4, -0.2) is 18.5 Å². The third-order valence-corrected chi connectivity index (χ3v) is 6.38. The molecule has 2 heterocycles. The van der Waals surface area contributed by atoms with Gasteiger partial charge in [-0.05, 0) is 49.8 Å². The molecule has 0 saturated heterocycles. The third kappa shape index (κ3) is 4.03. The van der Waals surface area contributed by atoms with Crippen LogP contribution in [0.1, 0.15) is 63.8 Å². The predicted octanol–water partition coefficient (Wildman–Crippen LogP) is 4.94. The minimum absolute atomic E-state index is 0.0924. The molecule has 0 saturated carbocycles. The number of para-hydroxylation sites is 1. The van der Waals surface area contributed by atoms with Gasteiger partial charge in [0.2, 0.25) is 0 Å². The van der Waals surface area contributed by atoms with Crippen LogP contribution in [0.3, 0.4) is 0 Å². The van der Waals surface area contributed by atoms with Crippen molar-refractivity contribution < 1.29 is 18.7 Å². The number of ether oxygens (including phenoxy) is 1. The maximum atomic E-state index is 12.9. The van der Waals surface area contributed by atoms with Crippen molar-refractivity contribution in [2.45, 2.75) is 45.4 Å². The topological polar surface area (TPSA) is 85.6 Å². The van der Waals surface area contributed by atoms with Crippen LogP contribution >= 0.6 is 11.3 Å². The normalized spacial score (nSPS) is 13.5. The molecular weight excluding hydrogens is 402 g/mol. The first-order valence-electron chi connectivity index (χ1n) is 10.2. The van der Waals surface area contributed by atoms with Crippen molar-refractivity contribution in [3.8, 4) is 0 Å². The highest BCUT2D eigenvalue weighted by Crippen LogP contribution is 2.38. The van der Waals surface area contributed by atoms with Gasteiger partial charge in [0.25, 0.3) is 5.91 Å². The highest BCUT2D eigenvalue weighted by atomic mass is 32.1. The number of rotatable bonds is 5. The largest absolute Gasteiger partial charge is 0.462 e. The SMILES string of the molecule is CCCOC(=O)c1c(NC(=O)c2cc3ccccc3oc2=O)sc2c1CCCCC2. The van der Waals surface area contributed by atoms with Gasteiger partial charge in [-0.15, -0.1) is 11.3 Å². The zero-order valence-electron chi connectivity index (χ0n) is 16.8. The number of amides is 1. The van der Waals surface area contributed by atoms with Crippen molar-refractivity contribution in [3.05, 3.63) is 62.3 Å². The Kier molecular flexibility index (Phi) is 5.99. The summed E-state index contributed by atoms with van der Waals surface area (Å²) in [6.07, 6.45) is 5.55. The van der Waals surface area contributed by atoms with Crippen molar-refractivity contribution in [2.24, 2.45) is 0 Å². The fourth-order valence-electron chi connectivity index (χ4n) is 3.70. The molecule has 0 radical (unpaired) electrons. The van der Waals surface area contributed by atoms with Gasteiger partial charge in [0, 0.05) is 10.3 Å². The molecule has 1 N–H and O–H groups in total. The standard InChI is InChI=1S/C23H23NO5S/c1-2-12-28-23(27)19-15-9-4-3-5-11-18(15)30-21(19)24-20(25)16-13-14-8-6-7-10-17(14)29-22(16)26/h6-8,10,13H,2-5,9,11-12H2,1H3,(H,24,25). The molecule has 1 amide bonds. The lowest BCUT2D eigenvalue weighted by Gasteiger charge is -2.09. The molecule has 0 bridgehead atoms. The Balaban J connectivity index is 1.70. The van der Waals surface area contributed by atoms with E-state index in [1.807, 2.05) is 13.0 Å². The summed E-state index contributed by atoms with van der Waals surface area (Å²) in [5, 5.41) is 3.89. The first kappa shape index (κ1) is 20.3. The second-order valence-electron chi connectivity index (χ2n) is 7.34. The average molecular weight is 426 g/mol. The summed E-state index contributed by atoms with van der Waals surface area (Å²) in [6, 6.07) is 8.54. The Bertz CT molecular complexity index is 1160. The van der Waals surface area contributed by atoms with Crippen LogP contribution in [-0.2, 0) is 17.6 Å².